The van der Waals surface area contributed by atoms with E-state index in [0.29, 0.717) is 17.8 Å². The summed E-state index contributed by atoms with van der Waals surface area (Å²) in [6.07, 6.45) is 7.93. The number of allylic oxidation sites excluding steroid dienone is 2. The van der Waals surface area contributed by atoms with Crippen LogP contribution in [0.25, 0.3) is 0 Å². The Morgan fingerprint density at radius 1 is 1.00 bits per heavy atom. The van der Waals surface area contributed by atoms with Gasteiger partial charge >= 0.3 is 0 Å². The fourth-order valence-electron chi connectivity index (χ4n) is 5.02. The Kier molecular flexibility index (Phi) is 7.11. The fourth-order valence-corrected chi connectivity index (χ4v) is 7.75. The molecule has 5 heteroatoms. The van der Waals surface area contributed by atoms with Crippen molar-refractivity contribution in [2.45, 2.75) is 122 Å². The second kappa shape index (κ2) is 8.68. The average molecular weight is 477 g/mol. The molecule has 2 fully saturated rings. The maximum Gasteiger partial charge on any atom is 0.195 e. The molecule has 3 aliphatic rings. The van der Waals surface area contributed by atoms with E-state index >= 15 is 0 Å². The molecule has 0 saturated heterocycles. The summed E-state index contributed by atoms with van der Waals surface area (Å²) in [5.41, 5.74) is 1.15. The first-order valence-electron chi connectivity index (χ1n) is 12.8. The van der Waals surface area contributed by atoms with Gasteiger partial charge in [-0.3, -0.25) is 0 Å². The van der Waals surface area contributed by atoms with Crippen molar-refractivity contribution >= 4 is 16.6 Å². The van der Waals surface area contributed by atoms with Crippen molar-refractivity contribution in [2.75, 3.05) is 6.61 Å². The van der Waals surface area contributed by atoms with E-state index in [2.05, 4.69) is 85.6 Å². The molecule has 3 rings (SSSR count). The van der Waals surface area contributed by atoms with Crippen LogP contribution in [0.1, 0.15) is 73.6 Å². The number of unbranched alkanes of at least 4 members (excludes halogenated alkanes) is 1. The minimum Gasteiger partial charge on any atom is -0.413 e. The summed E-state index contributed by atoms with van der Waals surface area (Å²) < 4.78 is 14.2. The van der Waals surface area contributed by atoms with Crippen LogP contribution in [-0.2, 0) is 8.85 Å². The number of hydrogen-bond acceptors (Lipinski definition) is 3. The Hall–Kier alpha value is -0.386. The van der Waals surface area contributed by atoms with Crippen molar-refractivity contribution < 1.29 is 14.0 Å². The van der Waals surface area contributed by atoms with Crippen molar-refractivity contribution in [3.05, 3.63) is 11.6 Å². The van der Waals surface area contributed by atoms with Gasteiger partial charge in [0, 0.05) is 12.5 Å². The normalized spacial score (nSPS) is 30.9. The van der Waals surface area contributed by atoms with Crippen LogP contribution >= 0.6 is 0 Å². The molecule has 0 radical (unpaired) electrons. The lowest BCUT2D eigenvalue weighted by Gasteiger charge is -2.56. The highest BCUT2D eigenvalue weighted by atomic mass is 28.4. The van der Waals surface area contributed by atoms with Crippen molar-refractivity contribution in [2.24, 2.45) is 17.8 Å². The number of aliphatic hydroxyl groups excluding tert-OH is 1. The lowest BCUT2D eigenvalue weighted by atomic mass is 9.54. The molecule has 2 saturated carbocycles. The molecular formula is C27H48O3Si2. The van der Waals surface area contributed by atoms with Gasteiger partial charge in [-0.1, -0.05) is 65.0 Å². The Morgan fingerprint density at radius 2 is 1.59 bits per heavy atom. The van der Waals surface area contributed by atoms with Gasteiger partial charge in [0.25, 0.3) is 0 Å². The molecule has 0 aromatic carbocycles. The van der Waals surface area contributed by atoms with Crippen molar-refractivity contribution in [1.82, 2.24) is 0 Å². The molecule has 3 nitrogen and oxygen atoms in total. The maximum atomic E-state index is 9.17. The zero-order chi connectivity index (χ0) is 24.2. The van der Waals surface area contributed by atoms with Crippen LogP contribution in [0.15, 0.2) is 11.6 Å². The van der Waals surface area contributed by atoms with E-state index < -0.39 is 22.2 Å². The topological polar surface area (TPSA) is 38.7 Å². The SMILES string of the molecule is CC(C)(C)[Si](C)(C)O[C@@H]1CC[C@@H]2/C(=C\CCCO)C[C@@H]2[C@@H]1C1(O[Si](C)(C)C(C)(C)C)C#C1. The molecule has 182 valence electrons. The van der Waals surface area contributed by atoms with Gasteiger partial charge in [0.15, 0.2) is 22.2 Å². The number of rotatable bonds is 8. The van der Waals surface area contributed by atoms with Gasteiger partial charge in [0.1, 0.15) is 0 Å². The van der Waals surface area contributed by atoms with E-state index in [1.807, 2.05) is 0 Å². The quantitative estimate of drug-likeness (QED) is 0.179. The zero-order valence-corrected chi connectivity index (χ0v) is 24.4. The molecule has 0 aliphatic heterocycles. The van der Waals surface area contributed by atoms with Crippen LogP contribution in [0.4, 0.5) is 0 Å². The standard InChI is InChI=1S/C27H48O3Si2/c1-25(2,3)31(7,8)29-23-15-14-21-20(13-11-12-18-28)19-22(21)24(23)27(16-17-27)30-32(9,10)26(4,5)6/h13,21-24,28H,11-12,14-15,18-19H2,1-10H3/b20-13-/t21-,22+,23-,24+/m1/s1. The molecule has 0 unspecified atom stereocenters. The lowest BCUT2D eigenvalue weighted by molar-refractivity contribution is -0.0660. The first kappa shape index (κ1) is 26.2. The predicted molar refractivity (Wildman–Crippen MR) is 140 cm³/mol. The van der Waals surface area contributed by atoms with E-state index in [0.717, 1.165) is 25.7 Å². The van der Waals surface area contributed by atoms with E-state index in [-0.39, 0.29) is 22.8 Å². The van der Waals surface area contributed by atoms with Crippen LogP contribution in [0.5, 0.6) is 0 Å². The summed E-state index contributed by atoms with van der Waals surface area (Å²) in [5.74, 6) is 8.54. The first-order chi connectivity index (χ1) is 14.5. The molecule has 0 spiro atoms. The Labute approximate surface area is 200 Å². The molecule has 1 N–H and O–H groups in total. The summed E-state index contributed by atoms with van der Waals surface area (Å²) in [6.45, 7) is 23.7. The third-order valence-electron chi connectivity index (χ3n) is 9.17. The Morgan fingerprint density at radius 3 is 2.09 bits per heavy atom. The fraction of sp³-hybridized carbons (Fsp3) is 0.852. The van der Waals surface area contributed by atoms with Crippen LogP contribution in [0.2, 0.25) is 36.3 Å². The number of hydrogen-bond donors (Lipinski definition) is 1. The van der Waals surface area contributed by atoms with Gasteiger partial charge in [-0.15, -0.1) is 0 Å². The highest BCUT2D eigenvalue weighted by molar-refractivity contribution is 6.74. The molecule has 4 atom stereocenters. The van der Waals surface area contributed by atoms with E-state index in [4.69, 9.17) is 8.85 Å². The Bertz CT molecular complexity index is 780. The highest BCUT2D eigenvalue weighted by Gasteiger charge is 2.62. The van der Waals surface area contributed by atoms with E-state index in [1.165, 1.54) is 6.42 Å². The van der Waals surface area contributed by atoms with Crippen LogP contribution < -0.4 is 0 Å². The average Bonchev–Trinajstić information content (AvgIpc) is 3.36. The predicted octanol–water partition coefficient (Wildman–Crippen LogP) is 6.90. The molecule has 0 heterocycles. The summed E-state index contributed by atoms with van der Waals surface area (Å²) in [7, 11) is -3.86. The molecule has 0 bridgehead atoms. The van der Waals surface area contributed by atoms with Crippen LogP contribution in [0.3, 0.4) is 0 Å². The summed E-state index contributed by atoms with van der Waals surface area (Å²) >= 11 is 0. The minimum absolute atomic E-state index is 0.158. The molecule has 0 aromatic rings. The van der Waals surface area contributed by atoms with E-state index in [9.17, 15) is 5.11 Å². The van der Waals surface area contributed by atoms with E-state index in [1.54, 1.807) is 5.57 Å². The summed E-state index contributed by atoms with van der Waals surface area (Å²) in [5, 5.41) is 9.52. The molecule has 32 heavy (non-hydrogen) atoms. The second-order valence-corrected chi connectivity index (χ2v) is 23.0. The van der Waals surface area contributed by atoms with Crippen molar-refractivity contribution in [3.63, 3.8) is 0 Å². The maximum absolute atomic E-state index is 9.17. The zero-order valence-electron chi connectivity index (χ0n) is 22.4. The highest BCUT2D eigenvalue weighted by Crippen LogP contribution is 2.59. The second-order valence-electron chi connectivity index (χ2n) is 13.5. The van der Waals surface area contributed by atoms with Crippen LogP contribution in [0, 0.1) is 29.6 Å². The van der Waals surface area contributed by atoms with Gasteiger partial charge in [-0.2, -0.15) is 0 Å². The van der Waals surface area contributed by atoms with Gasteiger partial charge in [-0.05, 0) is 80.2 Å². The molecule has 3 aliphatic carbocycles. The summed E-state index contributed by atoms with van der Waals surface area (Å²) in [6, 6.07) is 0. The van der Waals surface area contributed by atoms with Gasteiger partial charge in [-0.25, -0.2) is 0 Å². The summed E-state index contributed by atoms with van der Waals surface area (Å²) in [4.78, 5) is 0. The number of aliphatic hydroxyl groups is 1. The molecular weight excluding hydrogens is 428 g/mol. The van der Waals surface area contributed by atoms with Crippen molar-refractivity contribution in [1.29, 1.82) is 0 Å². The minimum atomic E-state index is -1.97. The third kappa shape index (κ3) is 5.00. The molecule has 0 amide bonds. The number of fused-ring (bicyclic) bond motifs is 1. The van der Waals surface area contributed by atoms with Gasteiger partial charge < -0.3 is 14.0 Å². The van der Waals surface area contributed by atoms with Gasteiger partial charge in [0.05, 0.1) is 6.10 Å². The third-order valence-corrected chi connectivity index (χ3v) is 18.1. The lowest BCUT2D eigenvalue weighted by Crippen LogP contribution is -2.59. The largest absolute Gasteiger partial charge is 0.413 e. The Balaban J connectivity index is 1.87. The first-order valence-corrected chi connectivity index (χ1v) is 18.6. The molecule has 0 aromatic heterocycles. The van der Waals surface area contributed by atoms with Crippen molar-refractivity contribution in [3.8, 4) is 11.8 Å². The smallest absolute Gasteiger partial charge is 0.195 e. The van der Waals surface area contributed by atoms with Gasteiger partial charge in [0.2, 0.25) is 0 Å². The monoisotopic (exact) mass is 476 g/mol. The van der Waals surface area contributed by atoms with Crippen LogP contribution in [-0.4, -0.2) is 40.1 Å².